The summed E-state index contributed by atoms with van der Waals surface area (Å²) in [5.41, 5.74) is 2.12. The molecule has 0 aromatic heterocycles. The Hall–Kier alpha value is -2.46. The van der Waals surface area contributed by atoms with Crippen LogP contribution in [0.15, 0.2) is 82.5 Å². The molecule has 0 radical (unpaired) electrons. The first kappa shape index (κ1) is 16.0. The maximum atomic E-state index is 13.3. The van der Waals surface area contributed by atoms with Crippen LogP contribution in [0.2, 0.25) is 0 Å². The molecule has 1 unspecified atom stereocenters. The molecule has 1 atom stereocenters. The van der Waals surface area contributed by atoms with E-state index in [0.717, 1.165) is 39.1 Å². The average Bonchev–Trinajstić information content (AvgIpc) is 3.01. The topological polar surface area (TPSA) is 18.5 Å². The monoisotopic (exact) mass is 352 g/mol. The molecule has 126 valence electrons. The summed E-state index contributed by atoms with van der Waals surface area (Å²) in [5, 5.41) is 0.858. The second-order valence-corrected chi connectivity index (χ2v) is 6.92. The van der Waals surface area contributed by atoms with Crippen LogP contribution in [0.1, 0.15) is 12.0 Å². The van der Waals surface area contributed by atoms with Gasteiger partial charge in [-0.2, -0.15) is 0 Å². The normalized spacial score (nSPS) is 18.6. The lowest BCUT2D eigenvalue weighted by atomic mass is 9.88. The molecule has 2 nitrogen and oxygen atoms in total. The first-order valence-electron chi connectivity index (χ1n) is 8.11. The van der Waals surface area contributed by atoms with Crippen LogP contribution in [0.25, 0.3) is 5.57 Å². The second-order valence-electron chi connectivity index (χ2n) is 5.87. The lowest BCUT2D eigenvalue weighted by Crippen LogP contribution is -2.03. The van der Waals surface area contributed by atoms with Gasteiger partial charge in [-0.25, -0.2) is 4.39 Å². The molecule has 0 spiro atoms. The minimum absolute atomic E-state index is 0.191. The van der Waals surface area contributed by atoms with Crippen LogP contribution >= 0.6 is 11.8 Å². The SMILES string of the molecule is COc1ccc(SC2=C(c3ccc(F)cc3)C3CC=CC=C3O2)cc1. The molecule has 0 N–H and O–H groups in total. The van der Waals surface area contributed by atoms with Gasteiger partial charge in [0.2, 0.25) is 0 Å². The number of benzene rings is 2. The third-order valence-electron chi connectivity index (χ3n) is 4.32. The number of halogens is 1. The summed E-state index contributed by atoms with van der Waals surface area (Å²) in [7, 11) is 1.65. The molecule has 0 saturated carbocycles. The van der Waals surface area contributed by atoms with Gasteiger partial charge in [0.05, 0.1) is 13.0 Å². The van der Waals surface area contributed by atoms with Crippen LogP contribution in [0.4, 0.5) is 4.39 Å². The van der Waals surface area contributed by atoms with Gasteiger partial charge in [-0.3, -0.25) is 0 Å². The van der Waals surface area contributed by atoms with Crippen molar-refractivity contribution in [2.75, 3.05) is 7.11 Å². The largest absolute Gasteiger partial charge is 0.497 e. The lowest BCUT2D eigenvalue weighted by molar-refractivity contribution is 0.331. The number of methoxy groups -OCH3 is 1. The summed E-state index contributed by atoms with van der Waals surface area (Å²) < 4.78 is 24.7. The first-order valence-corrected chi connectivity index (χ1v) is 8.93. The van der Waals surface area contributed by atoms with Gasteiger partial charge < -0.3 is 9.47 Å². The van der Waals surface area contributed by atoms with E-state index in [9.17, 15) is 4.39 Å². The number of ether oxygens (including phenoxy) is 2. The molecule has 2 aromatic rings. The van der Waals surface area contributed by atoms with Crippen molar-refractivity contribution in [3.8, 4) is 5.75 Å². The molecule has 2 aromatic carbocycles. The van der Waals surface area contributed by atoms with E-state index < -0.39 is 0 Å². The quantitative estimate of drug-likeness (QED) is 0.694. The molecule has 2 aliphatic rings. The molecule has 0 fully saturated rings. The first-order chi connectivity index (χ1) is 12.2. The summed E-state index contributed by atoms with van der Waals surface area (Å²) in [6.07, 6.45) is 7.07. The van der Waals surface area contributed by atoms with E-state index in [4.69, 9.17) is 9.47 Å². The van der Waals surface area contributed by atoms with E-state index in [1.807, 2.05) is 48.6 Å². The van der Waals surface area contributed by atoms with Crippen LogP contribution in [0.5, 0.6) is 5.75 Å². The maximum Gasteiger partial charge on any atom is 0.169 e. The summed E-state index contributed by atoms with van der Waals surface area (Å²) in [5.74, 6) is 1.74. The van der Waals surface area contributed by atoms with Crippen LogP contribution in [-0.4, -0.2) is 7.11 Å². The Labute approximate surface area is 150 Å². The molecule has 1 aliphatic carbocycles. The van der Waals surface area contributed by atoms with E-state index >= 15 is 0 Å². The van der Waals surface area contributed by atoms with Crippen molar-refractivity contribution >= 4 is 17.3 Å². The Balaban J connectivity index is 1.71. The van der Waals surface area contributed by atoms with Crippen molar-refractivity contribution in [1.82, 2.24) is 0 Å². The number of thioether (sulfide) groups is 1. The highest BCUT2D eigenvalue weighted by atomic mass is 32.2. The van der Waals surface area contributed by atoms with Gasteiger partial charge >= 0.3 is 0 Å². The Morgan fingerprint density at radius 3 is 2.56 bits per heavy atom. The van der Waals surface area contributed by atoms with Gasteiger partial charge in [0.15, 0.2) is 5.09 Å². The zero-order valence-corrected chi connectivity index (χ0v) is 14.6. The van der Waals surface area contributed by atoms with Gasteiger partial charge in [-0.05, 0) is 54.5 Å². The summed E-state index contributed by atoms with van der Waals surface area (Å²) in [4.78, 5) is 1.07. The Morgan fingerprint density at radius 2 is 1.84 bits per heavy atom. The zero-order chi connectivity index (χ0) is 17.2. The molecule has 1 aliphatic heterocycles. The van der Waals surface area contributed by atoms with Gasteiger partial charge in [-0.15, -0.1) is 0 Å². The fraction of sp³-hybridized carbons (Fsp3) is 0.143. The molecule has 0 amide bonds. The van der Waals surface area contributed by atoms with Crippen LogP contribution < -0.4 is 4.74 Å². The molecule has 0 saturated heterocycles. The highest BCUT2D eigenvalue weighted by molar-refractivity contribution is 8.03. The van der Waals surface area contributed by atoms with Gasteiger partial charge in [-0.1, -0.05) is 36.0 Å². The maximum absolute atomic E-state index is 13.3. The number of fused-ring (bicyclic) bond motifs is 1. The van der Waals surface area contributed by atoms with Crippen LogP contribution in [-0.2, 0) is 4.74 Å². The molecular weight excluding hydrogens is 335 g/mol. The molecule has 4 heteroatoms. The van der Waals surface area contributed by atoms with Crippen molar-refractivity contribution in [2.45, 2.75) is 11.3 Å². The molecular formula is C21H17FO2S. The summed E-state index contributed by atoms with van der Waals surface area (Å²) >= 11 is 1.58. The smallest absolute Gasteiger partial charge is 0.169 e. The van der Waals surface area contributed by atoms with Crippen LogP contribution in [0.3, 0.4) is 0 Å². The van der Waals surface area contributed by atoms with Crippen molar-refractivity contribution in [3.63, 3.8) is 0 Å². The zero-order valence-electron chi connectivity index (χ0n) is 13.7. The predicted octanol–water partition coefficient (Wildman–Crippen LogP) is 5.79. The fourth-order valence-corrected chi connectivity index (χ4v) is 4.05. The Morgan fingerprint density at radius 1 is 1.08 bits per heavy atom. The highest BCUT2D eigenvalue weighted by Gasteiger charge is 2.34. The fourth-order valence-electron chi connectivity index (χ4n) is 3.05. The molecule has 1 heterocycles. The van der Waals surface area contributed by atoms with Gasteiger partial charge in [0.25, 0.3) is 0 Å². The highest BCUT2D eigenvalue weighted by Crippen LogP contribution is 2.49. The van der Waals surface area contributed by atoms with E-state index in [0.29, 0.717) is 0 Å². The second kappa shape index (κ2) is 6.81. The average molecular weight is 352 g/mol. The van der Waals surface area contributed by atoms with Crippen molar-refractivity contribution in [1.29, 1.82) is 0 Å². The minimum atomic E-state index is -0.230. The van der Waals surface area contributed by atoms with E-state index in [1.165, 1.54) is 12.1 Å². The van der Waals surface area contributed by atoms with Crippen LogP contribution in [0, 0.1) is 11.7 Å². The van der Waals surface area contributed by atoms with E-state index in [1.54, 1.807) is 18.9 Å². The van der Waals surface area contributed by atoms with Gasteiger partial charge in [0.1, 0.15) is 17.3 Å². The number of rotatable bonds is 4. The number of hydrogen-bond acceptors (Lipinski definition) is 3. The standard InChI is InChI=1S/C21H17FO2S/c1-23-16-10-12-17(13-11-16)25-21-20(14-6-8-15(22)9-7-14)18-4-2-3-5-19(18)24-21/h2-3,5-13,18H,4H2,1H3. The van der Waals surface area contributed by atoms with Crippen molar-refractivity contribution < 1.29 is 13.9 Å². The van der Waals surface area contributed by atoms with E-state index in [-0.39, 0.29) is 11.7 Å². The molecule has 0 bridgehead atoms. The van der Waals surface area contributed by atoms with Crippen molar-refractivity contribution in [2.24, 2.45) is 5.92 Å². The van der Waals surface area contributed by atoms with E-state index in [2.05, 4.69) is 6.08 Å². The van der Waals surface area contributed by atoms with Gasteiger partial charge in [0, 0.05) is 10.5 Å². The Bertz CT molecular complexity index is 864. The Kier molecular flexibility index (Phi) is 4.36. The lowest BCUT2D eigenvalue weighted by Gasteiger charge is -2.14. The number of allylic oxidation sites excluding steroid dienone is 4. The summed E-state index contributed by atoms with van der Waals surface area (Å²) in [6.45, 7) is 0. The van der Waals surface area contributed by atoms with Crippen molar-refractivity contribution in [3.05, 3.63) is 89.0 Å². The number of hydrogen-bond donors (Lipinski definition) is 0. The minimum Gasteiger partial charge on any atom is -0.497 e. The third kappa shape index (κ3) is 3.22. The third-order valence-corrected chi connectivity index (χ3v) is 5.31. The molecule has 25 heavy (non-hydrogen) atoms. The predicted molar refractivity (Wildman–Crippen MR) is 98.6 cm³/mol. The summed E-state index contributed by atoms with van der Waals surface area (Å²) in [6, 6.07) is 14.5. The molecule has 4 rings (SSSR count).